The molecule has 0 aliphatic rings. The minimum Gasteiger partial charge on any atom is -0.465 e. The van der Waals surface area contributed by atoms with Gasteiger partial charge in [0.25, 0.3) is 5.91 Å². The number of benzene rings is 2. The Hall–Kier alpha value is -3.06. The minimum absolute atomic E-state index is 0.346. The Bertz CT molecular complexity index is 922. The van der Waals surface area contributed by atoms with Gasteiger partial charge >= 0.3 is 5.97 Å². The molecule has 0 spiro atoms. The van der Waals surface area contributed by atoms with E-state index in [9.17, 15) is 14.0 Å². The van der Waals surface area contributed by atoms with Crippen molar-refractivity contribution in [3.63, 3.8) is 0 Å². The summed E-state index contributed by atoms with van der Waals surface area (Å²) in [6.07, 6.45) is 0. The number of nitrogens with one attached hydrogen (secondary N) is 1. The summed E-state index contributed by atoms with van der Waals surface area (Å²) in [6, 6.07) is 12.2. The molecule has 1 aromatic heterocycles. The molecule has 3 aromatic rings. The zero-order valence-electron chi connectivity index (χ0n) is 13.2. The third kappa shape index (κ3) is 3.89. The lowest BCUT2D eigenvalue weighted by atomic mass is 10.1. The van der Waals surface area contributed by atoms with Crippen molar-refractivity contribution in [3.8, 4) is 11.3 Å². The summed E-state index contributed by atoms with van der Waals surface area (Å²) in [5.74, 6) is -1.16. The summed E-state index contributed by atoms with van der Waals surface area (Å²) in [4.78, 5) is 27.9. The summed E-state index contributed by atoms with van der Waals surface area (Å²) in [5, 5.41) is 4.83. The normalized spacial score (nSPS) is 10.3. The first-order valence-corrected chi connectivity index (χ1v) is 8.16. The smallest absolute Gasteiger partial charge is 0.337 e. The van der Waals surface area contributed by atoms with Gasteiger partial charge in [0.1, 0.15) is 5.82 Å². The molecule has 0 unspecified atom stereocenters. The van der Waals surface area contributed by atoms with E-state index in [1.54, 1.807) is 17.5 Å². The number of carbonyl (C=O) groups excluding carboxylic acids is 2. The van der Waals surface area contributed by atoms with E-state index in [0.29, 0.717) is 27.5 Å². The van der Waals surface area contributed by atoms with Gasteiger partial charge in [-0.1, -0.05) is 12.1 Å². The third-order valence-corrected chi connectivity index (χ3v) is 4.17. The molecular formula is C18H13FN2O3S. The Morgan fingerprint density at radius 3 is 2.52 bits per heavy atom. The minimum atomic E-state index is -0.466. The van der Waals surface area contributed by atoms with Crippen LogP contribution >= 0.6 is 11.3 Å². The lowest BCUT2D eigenvalue weighted by Gasteiger charge is -2.03. The Balaban J connectivity index is 1.72. The van der Waals surface area contributed by atoms with Crippen LogP contribution in [0.4, 0.5) is 9.52 Å². The second-order valence-electron chi connectivity index (χ2n) is 5.07. The summed E-state index contributed by atoms with van der Waals surface area (Å²) >= 11 is 1.25. The van der Waals surface area contributed by atoms with Crippen LogP contribution in [0.15, 0.2) is 53.9 Å². The number of aromatic nitrogens is 1. The van der Waals surface area contributed by atoms with Crippen molar-refractivity contribution >= 4 is 28.3 Å². The monoisotopic (exact) mass is 356 g/mol. The van der Waals surface area contributed by atoms with Gasteiger partial charge in [-0.05, 0) is 36.4 Å². The number of anilines is 1. The number of hydrogen-bond acceptors (Lipinski definition) is 5. The van der Waals surface area contributed by atoms with Crippen LogP contribution in [0.1, 0.15) is 20.7 Å². The molecule has 25 heavy (non-hydrogen) atoms. The molecule has 0 saturated carbocycles. The van der Waals surface area contributed by atoms with Crippen LogP contribution in [-0.4, -0.2) is 24.0 Å². The number of carbonyl (C=O) groups is 2. The van der Waals surface area contributed by atoms with Crippen LogP contribution in [0.5, 0.6) is 0 Å². The molecule has 7 heteroatoms. The van der Waals surface area contributed by atoms with Crippen LogP contribution < -0.4 is 5.32 Å². The lowest BCUT2D eigenvalue weighted by molar-refractivity contribution is 0.0600. The highest BCUT2D eigenvalue weighted by Crippen LogP contribution is 2.25. The largest absolute Gasteiger partial charge is 0.465 e. The van der Waals surface area contributed by atoms with Gasteiger partial charge in [0.15, 0.2) is 5.13 Å². The number of esters is 1. The molecule has 0 radical (unpaired) electrons. The zero-order chi connectivity index (χ0) is 17.8. The number of ether oxygens (including phenoxy) is 1. The van der Waals surface area contributed by atoms with E-state index in [2.05, 4.69) is 15.0 Å². The topological polar surface area (TPSA) is 68.3 Å². The molecule has 0 saturated heterocycles. The highest BCUT2D eigenvalue weighted by Gasteiger charge is 2.12. The molecule has 0 fully saturated rings. The Morgan fingerprint density at radius 2 is 1.84 bits per heavy atom. The van der Waals surface area contributed by atoms with Crippen molar-refractivity contribution in [2.45, 2.75) is 0 Å². The highest BCUT2D eigenvalue weighted by molar-refractivity contribution is 7.14. The van der Waals surface area contributed by atoms with E-state index >= 15 is 0 Å². The molecular weight excluding hydrogens is 343 g/mol. The van der Waals surface area contributed by atoms with Gasteiger partial charge in [-0.15, -0.1) is 11.3 Å². The number of thiazole rings is 1. The summed E-state index contributed by atoms with van der Waals surface area (Å²) < 4.78 is 17.9. The fraction of sp³-hybridized carbons (Fsp3) is 0.0556. The number of nitrogens with zero attached hydrogens (tertiary/aromatic N) is 1. The Kier molecular flexibility index (Phi) is 4.85. The van der Waals surface area contributed by atoms with Crippen LogP contribution in [0.25, 0.3) is 11.3 Å². The Labute approximate surface area is 147 Å². The first-order chi connectivity index (χ1) is 12.1. The molecule has 5 nitrogen and oxygen atoms in total. The zero-order valence-corrected chi connectivity index (χ0v) is 14.0. The maximum Gasteiger partial charge on any atom is 0.337 e. The average molecular weight is 356 g/mol. The van der Waals surface area contributed by atoms with Gasteiger partial charge in [-0.2, -0.15) is 0 Å². The quantitative estimate of drug-likeness (QED) is 0.718. The standard InChI is InChI=1S/C18H13FN2O3S/c1-24-17(23)12-7-5-11(6-8-12)16(22)21-18-20-15(10-25-18)13-3-2-4-14(19)9-13/h2-10H,1H3,(H,20,21,22). The molecule has 0 atom stereocenters. The number of rotatable bonds is 4. The van der Waals surface area contributed by atoms with Crippen molar-refractivity contribution in [2.24, 2.45) is 0 Å². The molecule has 0 aliphatic heterocycles. The van der Waals surface area contributed by atoms with E-state index in [1.165, 1.54) is 54.8 Å². The second kappa shape index (κ2) is 7.23. The van der Waals surface area contributed by atoms with Gasteiger partial charge < -0.3 is 4.74 Å². The SMILES string of the molecule is COC(=O)c1ccc(C(=O)Nc2nc(-c3cccc(F)c3)cs2)cc1. The fourth-order valence-corrected chi connectivity index (χ4v) is 2.87. The van der Waals surface area contributed by atoms with Crippen LogP contribution in [0.3, 0.4) is 0 Å². The summed E-state index contributed by atoms with van der Waals surface area (Å²) in [7, 11) is 1.29. The van der Waals surface area contributed by atoms with Crippen molar-refractivity contribution in [2.75, 3.05) is 12.4 Å². The maximum atomic E-state index is 13.3. The van der Waals surface area contributed by atoms with E-state index < -0.39 is 5.97 Å². The molecule has 0 aliphatic carbocycles. The Morgan fingerprint density at radius 1 is 1.12 bits per heavy atom. The van der Waals surface area contributed by atoms with Crippen molar-refractivity contribution in [1.29, 1.82) is 0 Å². The van der Waals surface area contributed by atoms with Crippen LogP contribution in [-0.2, 0) is 4.74 Å². The van der Waals surface area contributed by atoms with Gasteiger partial charge in [-0.25, -0.2) is 14.2 Å². The third-order valence-electron chi connectivity index (χ3n) is 3.41. The molecule has 1 heterocycles. The van der Waals surface area contributed by atoms with Gasteiger partial charge in [0.05, 0.1) is 18.4 Å². The predicted molar refractivity (Wildman–Crippen MR) is 93.2 cm³/mol. The number of hydrogen-bond donors (Lipinski definition) is 1. The number of methoxy groups -OCH3 is 1. The first kappa shape index (κ1) is 16.8. The van der Waals surface area contributed by atoms with E-state index in [-0.39, 0.29) is 11.7 Å². The fourth-order valence-electron chi connectivity index (χ4n) is 2.16. The second-order valence-corrected chi connectivity index (χ2v) is 5.93. The van der Waals surface area contributed by atoms with Gasteiger partial charge in [-0.3, -0.25) is 10.1 Å². The molecule has 3 rings (SSSR count). The lowest BCUT2D eigenvalue weighted by Crippen LogP contribution is -2.12. The molecule has 126 valence electrons. The highest BCUT2D eigenvalue weighted by atomic mass is 32.1. The summed E-state index contributed by atoms with van der Waals surface area (Å²) in [6.45, 7) is 0. The molecule has 1 amide bonds. The molecule has 0 bridgehead atoms. The van der Waals surface area contributed by atoms with Crippen molar-refractivity contribution < 1.29 is 18.7 Å². The van der Waals surface area contributed by atoms with E-state index in [4.69, 9.17) is 0 Å². The van der Waals surface area contributed by atoms with Gasteiger partial charge in [0, 0.05) is 16.5 Å². The summed E-state index contributed by atoms with van der Waals surface area (Å²) in [5.41, 5.74) is 1.97. The van der Waals surface area contributed by atoms with Crippen LogP contribution in [0.2, 0.25) is 0 Å². The van der Waals surface area contributed by atoms with Crippen LogP contribution in [0, 0.1) is 5.82 Å². The first-order valence-electron chi connectivity index (χ1n) is 7.28. The molecule has 1 N–H and O–H groups in total. The number of halogens is 1. The van der Waals surface area contributed by atoms with Crippen molar-refractivity contribution in [3.05, 3.63) is 70.9 Å². The van der Waals surface area contributed by atoms with E-state index in [1.807, 2.05) is 0 Å². The molecule has 2 aromatic carbocycles. The maximum absolute atomic E-state index is 13.3. The predicted octanol–water partition coefficient (Wildman–Crippen LogP) is 3.99. The average Bonchev–Trinajstić information content (AvgIpc) is 3.09. The van der Waals surface area contributed by atoms with E-state index in [0.717, 1.165) is 0 Å². The van der Waals surface area contributed by atoms with Gasteiger partial charge in [0.2, 0.25) is 0 Å². The van der Waals surface area contributed by atoms with Crippen molar-refractivity contribution in [1.82, 2.24) is 4.98 Å². The number of amides is 1.